The number of nitrogens with zero attached hydrogens (tertiary/aromatic N) is 1. The van der Waals surface area contributed by atoms with Crippen molar-refractivity contribution in [2.75, 3.05) is 18.1 Å². The Morgan fingerprint density at radius 3 is 3.00 bits per heavy atom. The molecule has 0 fully saturated rings. The molecule has 0 spiro atoms. The third-order valence-corrected chi connectivity index (χ3v) is 2.82. The topological polar surface area (TPSA) is 55.6 Å². The minimum Gasteiger partial charge on any atom is -0.482 e. The number of rotatable bonds is 4. The molecule has 0 bridgehead atoms. The van der Waals surface area contributed by atoms with Crippen molar-refractivity contribution >= 4 is 28.8 Å². The van der Waals surface area contributed by atoms with Gasteiger partial charge in [-0.3, -0.25) is 4.79 Å². The number of carbonyl (C=O) groups is 1. The Kier molecular flexibility index (Phi) is 3.58. The van der Waals surface area contributed by atoms with Crippen molar-refractivity contribution in [3.63, 3.8) is 0 Å². The van der Waals surface area contributed by atoms with Crippen molar-refractivity contribution in [3.8, 4) is 5.75 Å². The predicted molar refractivity (Wildman–Crippen MR) is 70.3 cm³/mol. The van der Waals surface area contributed by atoms with E-state index in [1.54, 1.807) is 4.90 Å². The molecule has 4 nitrogen and oxygen atoms in total. The van der Waals surface area contributed by atoms with Crippen LogP contribution in [0.3, 0.4) is 0 Å². The van der Waals surface area contributed by atoms with Crippen LogP contribution in [0.1, 0.15) is 12.8 Å². The molecule has 0 radical (unpaired) electrons. The fraction of sp³-hybridized carbons (Fsp3) is 0.333. The molecular formula is C12H14N2O2S. The highest BCUT2D eigenvalue weighted by atomic mass is 32.1. The van der Waals surface area contributed by atoms with E-state index in [0.717, 1.165) is 17.9 Å². The van der Waals surface area contributed by atoms with Gasteiger partial charge in [0, 0.05) is 6.54 Å². The van der Waals surface area contributed by atoms with Crippen molar-refractivity contribution in [1.29, 1.82) is 0 Å². The Morgan fingerprint density at radius 2 is 2.24 bits per heavy atom. The van der Waals surface area contributed by atoms with E-state index in [0.29, 0.717) is 18.0 Å². The van der Waals surface area contributed by atoms with Gasteiger partial charge < -0.3 is 15.4 Å². The van der Waals surface area contributed by atoms with Crippen molar-refractivity contribution in [1.82, 2.24) is 0 Å². The number of anilines is 1. The minimum absolute atomic E-state index is 0.0216. The Balaban J connectivity index is 2.10. The van der Waals surface area contributed by atoms with Gasteiger partial charge in [0.2, 0.25) is 0 Å². The molecule has 1 aromatic rings. The molecule has 0 saturated heterocycles. The second kappa shape index (κ2) is 5.14. The molecule has 1 aromatic carbocycles. The standard InChI is InChI=1S/C12H14N2O2S/c13-11(17)6-3-7-14-9-4-1-2-5-10(9)16-8-12(14)15/h1-2,4-5H,3,6-8H2,(H2,13,17). The van der Waals surface area contributed by atoms with Gasteiger partial charge in [-0.2, -0.15) is 0 Å². The zero-order valence-corrected chi connectivity index (χ0v) is 10.2. The van der Waals surface area contributed by atoms with Gasteiger partial charge in [0.25, 0.3) is 5.91 Å². The Hall–Kier alpha value is -1.62. The summed E-state index contributed by atoms with van der Waals surface area (Å²) in [6.45, 7) is 0.723. The number of hydrogen-bond donors (Lipinski definition) is 1. The van der Waals surface area contributed by atoms with Gasteiger partial charge in [-0.25, -0.2) is 0 Å². The van der Waals surface area contributed by atoms with Crippen molar-refractivity contribution < 1.29 is 9.53 Å². The summed E-state index contributed by atoms with van der Waals surface area (Å²) in [6.07, 6.45) is 1.43. The molecule has 90 valence electrons. The Bertz CT molecular complexity index is 448. The molecule has 0 unspecified atom stereocenters. The smallest absolute Gasteiger partial charge is 0.265 e. The number of fused-ring (bicyclic) bond motifs is 1. The van der Waals surface area contributed by atoms with Crippen molar-refractivity contribution in [2.24, 2.45) is 5.73 Å². The van der Waals surface area contributed by atoms with Crippen LogP contribution in [0.15, 0.2) is 24.3 Å². The molecular weight excluding hydrogens is 236 g/mol. The first-order valence-corrected chi connectivity index (χ1v) is 5.90. The van der Waals surface area contributed by atoms with E-state index in [1.807, 2.05) is 24.3 Å². The summed E-state index contributed by atoms with van der Waals surface area (Å²) < 4.78 is 5.35. The lowest BCUT2D eigenvalue weighted by Gasteiger charge is -2.29. The van der Waals surface area contributed by atoms with Crippen molar-refractivity contribution in [3.05, 3.63) is 24.3 Å². The number of carbonyl (C=O) groups excluding carboxylic acids is 1. The van der Waals surface area contributed by atoms with Crippen LogP contribution in [0.5, 0.6) is 5.75 Å². The predicted octanol–water partition coefficient (Wildman–Crippen LogP) is 1.48. The van der Waals surface area contributed by atoms with Gasteiger partial charge in [0.1, 0.15) is 5.75 Å². The molecule has 1 aliphatic heterocycles. The summed E-state index contributed by atoms with van der Waals surface area (Å²) >= 11 is 4.82. The number of para-hydroxylation sites is 2. The normalized spacial score (nSPS) is 14.1. The third-order valence-electron chi connectivity index (χ3n) is 2.61. The van der Waals surface area contributed by atoms with E-state index < -0.39 is 0 Å². The van der Waals surface area contributed by atoms with Gasteiger partial charge in [-0.1, -0.05) is 24.4 Å². The highest BCUT2D eigenvalue weighted by Gasteiger charge is 2.24. The van der Waals surface area contributed by atoms with Crippen molar-refractivity contribution in [2.45, 2.75) is 12.8 Å². The first kappa shape index (κ1) is 11.9. The number of benzene rings is 1. The summed E-state index contributed by atoms with van der Waals surface area (Å²) in [5, 5.41) is 0. The zero-order chi connectivity index (χ0) is 12.3. The van der Waals surface area contributed by atoms with Gasteiger partial charge in [-0.05, 0) is 25.0 Å². The molecule has 1 amide bonds. The fourth-order valence-electron chi connectivity index (χ4n) is 1.81. The summed E-state index contributed by atoms with van der Waals surface area (Å²) in [7, 11) is 0. The minimum atomic E-state index is -0.0216. The molecule has 2 rings (SSSR count). The molecule has 0 aromatic heterocycles. The lowest BCUT2D eigenvalue weighted by atomic mass is 10.2. The maximum Gasteiger partial charge on any atom is 0.265 e. The van der Waals surface area contributed by atoms with E-state index in [1.165, 1.54) is 0 Å². The number of thiocarbonyl (C=S) groups is 1. The first-order chi connectivity index (χ1) is 8.18. The highest BCUT2D eigenvalue weighted by molar-refractivity contribution is 7.80. The fourth-order valence-corrected chi connectivity index (χ4v) is 1.95. The molecule has 1 heterocycles. The Morgan fingerprint density at radius 1 is 1.47 bits per heavy atom. The van der Waals surface area contributed by atoms with Gasteiger partial charge >= 0.3 is 0 Å². The van der Waals surface area contributed by atoms with Crippen LogP contribution < -0.4 is 15.4 Å². The zero-order valence-electron chi connectivity index (χ0n) is 9.39. The highest BCUT2D eigenvalue weighted by Crippen LogP contribution is 2.31. The Labute approximate surface area is 105 Å². The van der Waals surface area contributed by atoms with Crippen LogP contribution in [0.25, 0.3) is 0 Å². The van der Waals surface area contributed by atoms with Gasteiger partial charge in [0.05, 0.1) is 10.7 Å². The first-order valence-electron chi connectivity index (χ1n) is 5.49. The average molecular weight is 250 g/mol. The molecule has 1 aliphatic rings. The quantitative estimate of drug-likeness (QED) is 0.822. The van der Waals surface area contributed by atoms with E-state index in [2.05, 4.69) is 0 Å². The van der Waals surface area contributed by atoms with Crippen LogP contribution in [0.2, 0.25) is 0 Å². The van der Waals surface area contributed by atoms with Gasteiger partial charge in [0.15, 0.2) is 6.61 Å². The van der Waals surface area contributed by atoms with E-state index >= 15 is 0 Å². The maximum atomic E-state index is 11.8. The summed E-state index contributed by atoms with van der Waals surface area (Å²) in [5.41, 5.74) is 6.27. The molecule has 2 N–H and O–H groups in total. The largest absolute Gasteiger partial charge is 0.482 e. The number of amides is 1. The van der Waals surface area contributed by atoms with Crippen LogP contribution in [-0.4, -0.2) is 24.0 Å². The molecule has 0 saturated carbocycles. The maximum absolute atomic E-state index is 11.8. The molecule has 17 heavy (non-hydrogen) atoms. The molecule has 0 aliphatic carbocycles. The summed E-state index contributed by atoms with van der Waals surface area (Å²) in [4.78, 5) is 14.0. The second-order valence-electron chi connectivity index (χ2n) is 3.87. The average Bonchev–Trinajstić information content (AvgIpc) is 2.32. The van der Waals surface area contributed by atoms with E-state index in [9.17, 15) is 4.79 Å². The van der Waals surface area contributed by atoms with Crippen LogP contribution in [-0.2, 0) is 4.79 Å². The van der Waals surface area contributed by atoms with Crippen LogP contribution in [0, 0.1) is 0 Å². The van der Waals surface area contributed by atoms with Gasteiger partial charge in [-0.15, -0.1) is 0 Å². The van der Waals surface area contributed by atoms with Crippen LogP contribution >= 0.6 is 12.2 Å². The monoisotopic (exact) mass is 250 g/mol. The lowest BCUT2D eigenvalue weighted by molar-refractivity contribution is -0.121. The lowest BCUT2D eigenvalue weighted by Crippen LogP contribution is -2.39. The summed E-state index contributed by atoms with van der Waals surface area (Å²) in [6, 6.07) is 7.53. The third kappa shape index (κ3) is 2.74. The summed E-state index contributed by atoms with van der Waals surface area (Å²) in [5.74, 6) is 0.731. The second-order valence-corrected chi connectivity index (χ2v) is 4.40. The number of nitrogens with two attached hydrogens (primary N) is 1. The number of hydrogen-bond acceptors (Lipinski definition) is 3. The molecule has 0 atom stereocenters. The van der Waals surface area contributed by atoms with E-state index in [4.69, 9.17) is 22.7 Å². The van der Waals surface area contributed by atoms with Crippen LogP contribution in [0.4, 0.5) is 5.69 Å². The molecule has 5 heteroatoms. The van der Waals surface area contributed by atoms with E-state index in [-0.39, 0.29) is 12.5 Å². The SMILES string of the molecule is NC(=S)CCCN1C(=O)COc2ccccc21. The number of ether oxygens (including phenoxy) is 1.